The summed E-state index contributed by atoms with van der Waals surface area (Å²) in [4.78, 5) is 10.7. The van der Waals surface area contributed by atoms with Crippen LogP contribution in [-0.4, -0.2) is 22.7 Å². The van der Waals surface area contributed by atoms with Gasteiger partial charge in [0.2, 0.25) is 5.91 Å². The number of aliphatic hydroxyl groups excluding tert-OH is 1. The van der Waals surface area contributed by atoms with Crippen LogP contribution in [0.1, 0.15) is 20.3 Å². The van der Waals surface area contributed by atoms with Crippen LogP contribution in [0.25, 0.3) is 0 Å². The predicted molar refractivity (Wildman–Crippen MR) is 42.0 cm³/mol. The van der Waals surface area contributed by atoms with Gasteiger partial charge < -0.3 is 10.4 Å². The van der Waals surface area contributed by atoms with E-state index in [0.717, 1.165) is 0 Å². The summed E-state index contributed by atoms with van der Waals surface area (Å²) in [6.07, 6.45) is 3.70. The number of nitrogens with one attached hydrogen (secondary N) is 1. The highest BCUT2D eigenvalue weighted by Crippen LogP contribution is 2.21. The molecule has 0 aromatic heterocycles. The maximum absolute atomic E-state index is 10.7. The average molecular weight is 155 g/mol. The number of hydrogen-bond acceptors (Lipinski definition) is 2. The Morgan fingerprint density at radius 2 is 2.45 bits per heavy atom. The van der Waals surface area contributed by atoms with Gasteiger partial charge in [0.15, 0.2) is 0 Å². The fraction of sp³-hybridized carbons (Fsp3) is 0.625. The molecule has 2 N–H and O–H groups in total. The van der Waals surface area contributed by atoms with Gasteiger partial charge in [-0.2, -0.15) is 0 Å². The van der Waals surface area contributed by atoms with Crippen molar-refractivity contribution in [3.63, 3.8) is 0 Å². The Morgan fingerprint density at radius 3 is 2.82 bits per heavy atom. The van der Waals surface area contributed by atoms with Gasteiger partial charge >= 0.3 is 0 Å². The third-order valence-corrected chi connectivity index (χ3v) is 1.78. The van der Waals surface area contributed by atoms with Crippen molar-refractivity contribution in [2.45, 2.75) is 31.9 Å². The van der Waals surface area contributed by atoms with E-state index in [1.165, 1.54) is 6.92 Å². The first-order valence-corrected chi connectivity index (χ1v) is 3.68. The molecule has 0 aliphatic heterocycles. The zero-order chi connectivity index (χ0) is 8.48. The monoisotopic (exact) mass is 155 g/mol. The van der Waals surface area contributed by atoms with Crippen molar-refractivity contribution in [3.8, 4) is 0 Å². The highest BCUT2D eigenvalue weighted by molar-refractivity contribution is 5.74. The molecule has 3 nitrogen and oxygen atoms in total. The Morgan fingerprint density at radius 1 is 1.82 bits per heavy atom. The summed E-state index contributed by atoms with van der Waals surface area (Å²) in [6.45, 7) is 3.37. The fourth-order valence-corrected chi connectivity index (χ4v) is 1.39. The number of amides is 1. The molecule has 62 valence electrons. The largest absolute Gasteiger partial charge is 0.389 e. The maximum Gasteiger partial charge on any atom is 0.217 e. The molecule has 0 fully saturated rings. The van der Waals surface area contributed by atoms with Gasteiger partial charge in [-0.3, -0.25) is 4.79 Å². The van der Waals surface area contributed by atoms with E-state index in [2.05, 4.69) is 5.32 Å². The van der Waals surface area contributed by atoms with Crippen molar-refractivity contribution in [3.05, 3.63) is 12.2 Å². The predicted octanol–water partition coefficient (Wildman–Crippen LogP) is 0.202. The quantitative estimate of drug-likeness (QED) is 0.531. The lowest BCUT2D eigenvalue weighted by Crippen LogP contribution is -2.42. The molecular weight excluding hydrogens is 142 g/mol. The molecule has 1 rings (SSSR count). The molecule has 0 aromatic carbocycles. The van der Waals surface area contributed by atoms with E-state index in [9.17, 15) is 4.79 Å². The summed E-state index contributed by atoms with van der Waals surface area (Å²) in [7, 11) is 0. The Kier molecular flexibility index (Phi) is 2.00. The molecule has 0 aromatic rings. The summed E-state index contributed by atoms with van der Waals surface area (Å²) in [6, 6.07) is 0. The molecule has 0 heterocycles. The summed E-state index contributed by atoms with van der Waals surface area (Å²) < 4.78 is 0. The maximum atomic E-state index is 10.7. The van der Waals surface area contributed by atoms with Crippen LogP contribution in [0.3, 0.4) is 0 Å². The van der Waals surface area contributed by atoms with E-state index >= 15 is 0 Å². The first-order chi connectivity index (χ1) is 5.02. The van der Waals surface area contributed by atoms with Crippen LogP contribution in [0.2, 0.25) is 0 Å². The molecule has 0 spiro atoms. The topological polar surface area (TPSA) is 49.3 Å². The SMILES string of the molecule is CC(=O)NC1(C)C=CC(O)C1. The molecule has 2 unspecified atom stereocenters. The highest BCUT2D eigenvalue weighted by atomic mass is 16.3. The van der Waals surface area contributed by atoms with Gasteiger partial charge in [0.1, 0.15) is 0 Å². The lowest BCUT2D eigenvalue weighted by molar-refractivity contribution is -0.120. The van der Waals surface area contributed by atoms with Crippen molar-refractivity contribution >= 4 is 5.91 Å². The van der Waals surface area contributed by atoms with Crippen molar-refractivity contribution < 1.29 is 9.90 Å². The van der Waals surface area contributed by atoms with Crippen molar-refractivity contribution in [1.82, 2.24) is 5.32 Å². The summed E-state index contributed by atoms with van der Waals surface area (Å²) >= 11 is 0. The Hall–Kier alpha value is -0.830. The van der Waals surface area contributed by atoms with Crippen LogP contribution >= 0.6 is 0 Å². The van der Waals surface area contributed by atoms with E-state index in [1.54, 1.807) is 6.08 Å². The normalized spacial score (nSPS) is 35.7. The molecule has 0 radical (unpaired) electrons. The van der Waals surface area contributed by atoms with E-state index in [1.807, 2.05) is 13.0 Å². The minimum atomic E-state index is -0.410. The van der Waals surface area contributed by atoms with E-state index in [4.69, 9.17) is 5.11 Å². The van der Waals surface area contributed by atoms with E-state index < -0.39 is 6.10 Å². The molecular formula is C8H13NO2. The number of carbonyl (C=O) groups excluding carboxylic acids is 1. The number of aliphatic hydroxyl groups is 1. The van der Waals surface area contributed by atoms with Crippen molar-refractivity contribution in [2.24, 2.45) is 0 Å². The molecule has 3 heteroatoms. The standard InChI is InChI=1S/C8H13NO2/c1-6(10)9-8(2)4-3-7(11)5-8/h3-4,7,11H,5H2,1-2H3,(H,9,10). The molecule has 1 amide bonds. The zero-order valence-electron chi connectivity index (χ0n) is 6.79. The van der Waals surface area contributed by atoms with Crippen LogP contribution in [0.15, 0.2) is 12.2 Å². The second kappa shape index (κ2) is 2.66. The smallest absolute Gasteiger partial charge is 0.217 e. The van der Waals surface area contributed by atoms with E-state index in [0.29, 0.717) is 6.42 Å². The van der Waals surface area contributed by atoms with Gasteiger partial charge in [-0.1, -0.05) is 12.2 Å². The first kappa shape index (κ1) is 8.27. The third-order valence-electron chi connectivity index (χ3n) is 1.78. The molecule has 0 saturated heterocycles. The minimum absolute atomic E-state index is 0.0637. The Labute approximate surface area is 66.1 Å². The van der Waals surface area contributed by atoms with Crippen molar-refractivity contribution in [1.29, 1.82) is 0 Å². The van der Waals surface area contributed by atoms with Crippen LogP contribution in [0, 0.1) is 0 Å². The van der Waals surface area contributed by atoms with Gasteiger partial charge in [-0.05, 0) is 6.92 Å². The summed E-state index contributed by atoms with van der Waals surface area (Å²) in [5.41, 5.74) is -0.342. The van der Waals surface area contributed by atoms with Crippen LogP contribution in [0.5, 0.6) is 0 Å². The minimum Gasteiger partial charge on any atom is -0.389 e. The molecule has 0 saturated carbocycles. The fourth-order valence-electron chi connectivity index (χ4n) is 1.39. The summed E-state index contributed by atoms with van der Waals surface area (Å²) in [5, 5.41) is 11.9. The van der Waals surface area contributed by atoms with Crippen LogP contribution in [0.4, 0.5) is 0 Å². The number of carbonyl (C=O) groups is 1. The number of hydrogen-bond donors (Lipinski definition) is 2. The van der Waals surface area contributed by atoms with Crippen LogP contribution in [-0.2, 0) is 4.79 Å². The molecule has 11 heavy (non-hydrogen) atoms. The van der Waals surface area contributed by atoms with Gasteiger partial charge in [-0.15, -0.1) is 0 Å². The second-order valence-electron chi connectivity index (χ2n) is 3.23. The van der Waals surface area contributed by atoms with Gasteiger partial charge in [0.05, 0.1) is 11.6 Å². The van der Waals surface area contributed by atoms with Crippen LogP contribution < -0.4 is 5.32 Å². The lowest BCUT2D eigenvalue weighted by atomic mass is 10.0. The van der Waals surface area contributed by atoms with E-state index in [-0.39, 0.29) is 11.4 Å². The highest BCUT2D eigenvalue weighted by Gasteiger charge is 2.29. The van der Waals surface area contributed by atoms with Gasteiger partial charge in [-0.25, -0.2) is 0 Å². The van der Waals surface area contributed by atoms with Crippen molar-refractivity contribution in [2.75, 3.05) is 0 Å². The van der Waals surface area contributed by atoms with Gasteiger partial charge in [0.25, 0.3) is 0 Å². The first-order valence-electron chi connectivity index (χ1n) is 3.68. The molecule has 1 aliphatic carbocycles. The Balaban J connectivity index is 2.56. The molecule has 0 bridgehead atoms. The second-order valence-corrected chi connectivity index (χ2v) is 3.23. The Bertz CT molecular complexity index is 200. The zero-order valence-corrected chi connectivity index (χ0v) is 6.79. The summed E-state index contributed by atoms with van der Waals surface area (Å²) in [5.74, 6) is -0.0637. The molecule has 1 aliphatic rings. The van der Waals surface area contributed by atoms with Gasteiger partial charge in [0, 0.05) is 13.3 Å². The third kappa shape index (κ3) is 2.05. The average Bonchev–Trinajstić information content (AvgIpc) is 2.08. The number of rotatable bonds is 1. The lowest BCUT2D eigenvalue weighted by Gasteiger charge is -2.23. The molecule has 2 atom stereocenters.